The minimum absolute atomic E-state index is 0.0171. The molecule has 0 amide bonds. The van der Waals surface area contributed by atoms with Gasteiger partial charge in [0.1, 0.15) is 0 Å². The largest absolute Gasteiger partial charge is 0.504 e. The van der Waals surface area contributed by atoms with Gasteiger partial charge in [-0.05, 0) is 43.2 Å². The van der Waals surface area contributed by atoms with Gasteiger partial charge in [0, 0.05) is 17.7 Å². The van der Waals surface area contributed by atoms with Crippen molar-refractivity contribution in [2.75, 3.05) is 12.0 Å². The van der Waals surface area contributed by atoms with E-state index in [1.54, 1.807) is 36.6 Å². The van der Waals surface area contributed by atoms with E-state index in [4.69, 9.17) is 4.74 Å². The summed E-state index contributed by atoms with van der Waals surface area (Å²) in [6.45, 7) is 5.95. The van der Waals surface area contributed by atoms with Gasteiger partial charge >= 0.3 is 0 Å². The minimum Gasteiger partial charge on any atom is -0.504 e. The number of nitro groups is 1. The van der Waals surface area contributed by atoms with Gasteiger partial charge in [-0.1, -0.05) is 6.08 Å². The first-order valence-electron chi connectivity index (χ1n) is 7.68. The van der Waals surface area contributed by atoms with Crippen LogP contribution in [0, 0.1) is 10.1 Å². The number of benzene rings is 2. The average Bonchev–Trinajstić information content (AvgIpc) is 2.59. The van der Waals surface area contributed by atoms with Crippen LogP contribution >= 0.6 is 0 Å². The number of nitro benzene ring substituents is 1. The van der Waals surface area contributed by atoms with Crippen molar-refractivity contribution in [3.05, 3.63) is 70.3 Å². The highest BCUT2D eigenvalue weighted by atomic mass is 16.6. The molecule has 2 N–H and O–H groups in total. The molecule has 130 valence electrons. The van der Waals surface area contributed by atoms with Gasteiger partial charge in [-0.25, -0.2) is 0 Å². The summed E-state index contributed by atoms with van der Waals surface area (Å²) >= 11 is 0. The molecule has 2 rings (SSSR count). The molecule has 0 aromatic heterocycles. The fraction of sp³-hybridized carbons (Fsp3) is 0.167. The molecule has 25 heavy (non-hydrogen) atoms. The van der Waals surface area contributed by atoms with Gasteiger partial charge in [-0.15, -0.1) is 6.58 Å². The van der Waals surface area contributed by atoms with Crippen LogP contribution in [0.5, 0.6) is 11.5 Å². The smallest absolute Gasteiger partial charge is 0.269 e. The second-order valence-corrected chi connectivity index (χ2v) is 5.13. The fourth-order valence-electron chi connectivity index (χ4n) is 2.18. The molecule has 0 saturated heterocycles. The lowest BCUT2D eigenvalue weighted by Crippen LogP contribution is -1.97. The van der Waals surface area contributed by atoms with E-state index in [2.05, 4.69) is 17.1 Å². The third kappa shape index (κ3) is 4.81. The van der Waals surface area contributed by atoms with E-state index >= 15 is 0 Å². The summed E-state index contributed by atoms with van der Waals surface area (Å²) in [5.41, 5.74) is 4.87. The second kappa shape index (κ2) is 8.49. The first-order valence-corrected chi connectivity index (χ1v) is 7.68. The molecule has 0 fully saturated rings. The summed E-state index contributed by atoms with van der Waals surface area (Å²) in [6, 6.07) is 9.41. The molecule has 0 aliphatic heterocycles. The quantitative estimate of drug-likeness (QED) is 0.329. The molecule has 0 radical (unpaired) electrons. The molecule has 0 saturated carbocycles. The van der Waals surface area contributed by atoms with Crippen molar-refractivity contribution in [1.29, 1.82) is 0 Å². The molecule has 0 spiro atoms. The molecule has 0 aliphatic rings. The van der Waals surface area contributed by atoms with E-state index in [0.29, 0.717) is 30.0 Å². The van der Waals surface area contributed by atoms with Crippen molar-refractivity contribution in [2.24, 2.45) is 5.10 Å². The van der Waals surface area contributed by atoms with Crippen LogP contribution in [0.3, 0.4) is 0 Å². The number of hydrazone groups is 1. The zero-order valence-corrected chi connectivity index (χ0v) is 13.8. The fourth-order valence-corrected chi connectivity index (χ4v) is 2.18. The number of nitrogens with one attached hydrogen (secondary N) is 1. The molecule has 0 heterocycles. The third-order valence-electron chi connectivity index (χ3n) is 3.33. The van der Waals surface area contributed by atoms with Gasteiger partial charge in [-0.3, -0.25) is 15.5 Å². The topological polar surface area (TPSA) is 97.0 Å². The van der Waals surface area contributed by atoms with Crippen LogP contribution in [-0.4, -0.2) is 22.9 Å². The lowest BCUT2D eigenvalue weighted by atomic mass is 10.1. The first-order chi connectivity index (χ1) is 12.0. The van der Waals surface area contributed by atoms with Gasteiger partial charge in [0.25, 0.3) is 5.69 Å². The second-order valence-electron chi connectivity index (χ2n) is 5.13. The highest BCUT2D eigenvalue weighted by Gasteiger charge is 2.09. The maximum absolute atomic E-state index is 10.6. The van der Waals surface area contributed by atoms with Crippen LogP contribution in [-0.2, 0) is 6.42 Å². The Labute approximate surface area is 145 Å². The molecule has 7 nitrogen and oxygen atoms in total. The van der Waals surface area contributed by atoms with Crippen LogP contribution in [0.25, 0.3) is 0 Å². The summed E-state index contributed by atoms with van der Waals surface area (Å²) in [6.07, 6.45) is 3.78. The van der Waals surface area contributed by atoms with Gasteiger partial charge in [0.15, 0.2) is 11.5 Å². The Morgan fingerprint density at radius 2 is 2.08 bits per heavy atom. The average molecular weight is 341 g/mol. The molecule has 2 aromatic rings. The van der Waals surface area contributed by atoms with E-state index in [-0.39, 0.29) is 11.4 Å². The number of hydrogen-bond donors (Lipinski definition) is 2. The predicted octanol–water partition coefficient (Wildman–Crippen LogP) is 3.87. The molecule has 0 aliphatic carbocycles. The highest BCUT2D eigenvalue weighted by Crippen LogP contribution is 2.32. The molecular formula is C18H19N3O4. The number of phenolic OH excluding ortho intramolecular Hbond substituents is 1. The molecule has 7 heteroatoms. The van der Waals surface area contributed by atoms with Gasteiger partial charge < -0.3 is 9.84 Å². The van der Waals surface area contributed by atoms with Crippen molar-refractivity contribution >= 4 is 17.6 Å². The number of hydrogen-bond acceptors (Lipinski definition) is 6. The molecule has 0 bridgehead atoms. The maximum Gasteiger partial charge on any atom is 0.269 e. The normalized spacial score (nSPS) is 10.6. The van der Waals surface area contributed by atoms with Crippen LogP contribution in [0.4, 0.5) is 11.4 Å². The van der Waals surface area contributed by atoms with Crippen molar-refractivity contribution in [1.82, 2.24) is 0 Å². The number of phenols is 1. The molecule has 0 unspecified atom stereocenters. The third-order valence-corrected chi connectivity index (χ3v) is 3.33. The van der Waals surface area contributed by atoms with Gasteiger partial charge in [-0.2, -0.15) is 5.10 Å². The zero-order chi connectivity index (χ0) is 18.2. The van der Waals surface area contributed by atoms with Crippen molar-refractivity contribution in [3.8, 4) is 11.5 Å². The van der Waals surface area contributed by atoms with Gasteiger partial charge in [0.05, 0.1) is 23.4 Å². The number of nitrogens with zero attached hydrogens (tertiary/aromatic N) is 2. The van der Waals surface area contributed by atoms with Crippen molar-refractivity contribution in [2.45, 2.75) is 13.3 Å². The van der Waals surface area contributed by atoms with Crippen LogP contribution in [0.15, 0.2) is 54.2 Å². The monoisotopic (exact) mass is 341 g/mol. The highest BCUT2D eigenvalue weighted by molar-refractivity contribution is 5.82. The summed E-state index contributed by atoms with van der Waals surface area (Å²) in [4.78, 5) is 10.2. The standard InChI is InChI=1S/C18H19N3O4/c1-3-5-14-10-13(11-17(18(14)22)25-4-2)12-19-20-15-6-8-16(9-7-15)21(23)24/h3,6-12,20,22H,1,4-5H2,2H3/b19-12+. The van der Waals surface area contributed by atoms with Crippen LogP contribution < -0.4 is 10.2 Å². The Kier molecular flexibility index (Phi) is 6.11. The Morgan fingerprint density at radius 3 is 2.68 bits per heavy atom. The zero-order valence-electron chi connectivity index (χ0n) is 13.8. The summed E-state index contributed by atoms with van der Waals surface area (Å²) in [5, 5.41) is 24.9. The van der Waals surface area contributed by atoms with Crippen molar-refractivity contribution in [3.63, 3.8) is 0 Å². The lowest BCUT2D eigenvalue weighted by Gasteiger charge is -2.10. The number of allylic oxidation sites excluding steroid dienone is 1. The van der Waals surface area contributed by atoms with E-state index in [0.717, 1.165) is 5.56 Å². The number of aromatic hydroxyl groups is 1. The Balaban J connectivity index is 2.16. The summed E-state index contributed by atoms with van der Waals surface area (Å²) < 4.78 is 5.43. The number of non-ortho nitro benzene ring substituents is 1. The first kappa shape index (κ1) is 18.0. The number of anilines is 1. The van der Waals surface area contributed by atoms with E-state index in [1.165, 1.54) is 12.1 Å². The minimum atomic E-state index is -0.458. The number of rotatable bonds is 8. The van der Waals surface area contributed by atoms with Gasteiger partial charge in [0.2, 0.25) is 0 Å². The Morgan fingerprint density at radius 1 is 1.36 bits per heavy atom. The lowest BCUT2D eigenvalue weighted by molar-refractivity contribution is -0.384. The van der Waals surface area contributed by atoms with Crippen LogP contribution in [0.2, 0.25) is 0 Å². The maximum atomic E-state index is 10.6. The van der Waals surface area contributed by atoms with E-state index in [9.17, 15) is 15.2 Å². The summed E-state index contributed by atoms with van der Waals surface area (Å²) in [5.74, 6) is 0.487. The SMILES string of the molecule is C=CCc1cc(/C=N/Nc2ccc([N+](=O)[O-])cc2)cc(OCC)c1O. The van der Waals surface area contributed by atoms with Crippen LogP contribution in [0.1, 0.15) is 18.1 Å². The molecular weight excluding hydrogens is 322 g/mol. The number of ether oxygens (including phenoxy) is 1. The van der Waals surface area contributed by atoms with Crippen molar-refractivity contribution < 1.29 is 14.8 Å². The molecule has 2 aromatic carbocycles. The Hall–Kier alpha value is -3.35. The summed E-state index contributed by atoms with van der Waals surface area (Å²) in [7, 11) is 0. The Bertz CT molecular complexity index is 786. The molecule has 0 atom stereocenters. The predicted molar refractivity (Wildman–Crippen MR) is 97.5 cm³/mol. The van der Waals surface area contributed by atoms with E-state index in [1.807, 2.05) is 6.92 Å². The van der Waals surface area contributed by atoms with E-state index < -0.39 is 4.92 Å².